The quantitative estimate of drug-likeness (QED) is 0.641. The number of nitro groups is 1. The van der Waals surface area contributed by atoms with Crippen LogP contribution in [-0.4, -0.2) is 24.1 Å². The zero-order chi connectivity index (χ0) is 12.4. The molecule has 17 heavy (non-hydrogen) atoms. The number of ether oxygens (including phenoxy) is 1. The van der Waals surface area contributed by atoms with Crippen LogP contribution in [0.2, 0.25) is 0 Å². The van der Waals surface area contributed by atoms with Gasteiger partial charge in [-0.1, -0.05) is 6.07 Å². The molecular weight excluding hydrogens is 220 g/mol. The van der Waals surface area contributed by atoms with Crippen molar-refractivity contribution in [2.45, 2.75) is 31.9 Å². The molecule has 1 saturated carbocycles. The van der Waals surface area contributed by atoms with Gasteiger partial charge in [0.25, 0.3) is 5.69 Å². The van der Waals surface area contributed by atoms with Crippen LogP contribution >= 0.6 is 0 Å². The third-order valence-corrected chi connectivity index (χ3v) is 3.25. The maximum absolute atomic E-state index is 10.8. The molecule has 0 aromatic heterocycles. The van der Waals surface area contributed by atoms with Crippen molar-refractivity contribution in [2.75, 3.05) is 7.05 Å². The van der Waals surface area contributed by atoms with Crippen molar-refractivity contribution in [3.63, 3.8) is 0 Å². The molecule has 0 amide bonds. The minimum atomic E-state index is -0.376. The molecule has 0 heterocycles. The van der Waals surface area contributed by atoms with Gasteiger partial charge in [0, 0.05) is 12.1 Å². The highest BCUT2D eigenvalue weighted by Gasteiger charge is 2.30. The van der Waals surface area contributed by atoms with E-state index in [2.05, 4.69) is 5.32 Å². The van der Waals surface area contributed by atoms with Crippen LogP contribution in [0.1, 0.15) is 18.4 Å². The molecule has 0 bridgehead atoms. The van der Waals surface area contributed by atoms with Crippen LogP contribution in [0, 0.1) is 17.0 Å². The maximum Gasteiger partial charge on any atom is 0.276 e. The fourth-order valence-electron chi connectivity index (χ4n) is 2.01. The average molecular weight is 236 g/mol. The van der Waals surface area contributed by atoms with Gasteiger partial charge in [-0.15, -0.1) is 0 Å². The number of hydrogen-bond acceptors (Lipinski definition) is 4. The molecule has 0 spiro atoms. The topological polar surface area (TPSA) is 64.4 Å². The van der Waals surface area contributed by atoms with Gasteiger partial charge in [0.15, 0.2) is 0 Å². The fourth-order valence-corrected chi connectivity index (χ4v) is 2.01. The van der Waals surface area contributed by atoms with E-state index in [0.717, 1.165) is 12.8 Å². The van der Waals surface area contributed by atoms with E-state index in [-0.39, 0.29) is 16.7 Å². The van der Waals surface area contributed by atoms with Crippen LogP contribution in [0.4, 0.5) is 5.69 Å². The Balaban J connectivity index is 2.07. The first-order valence-electron chi connectivity index (χ1n) is 5.69. The molecule has 2 rings (SSSR count). The van der Waals surface area contributed by atoms with Gasteiger partial charge in [0.2, 0.25) is 0 Å². The highest BCUT2D eigenvalue weighted by molar-refractivity contribution is 5.48. The lowest BCUT2D eigenvalue weighted by Crippen LogP contribution is -2.45. The Morgan fingerprint density at radius 3 is 2.76 bits per heavy atom. The molecule has 1 aromatic carbocycles. The van der Waals surface area contributed by atoms with Gasteiger partial charge in [0.05, 0.1) is 10.5 Å². The Hall–Kier alpha value is -1.62. The van der Waals surface area contributed by atoms with Gasteiger partial charge in [-0.25, -0.2) is 0 Å². The van der Waals surface area contributed by atoms with Crippen molar-refractivity contribution in [3.8, 4) is 5.75 Å². The number of rotatable bonds is 4. The Kier molecular flexibility index (Phi) is 3.28. The largest absolute Gasteiger partial charge is 0.490 e. The number of hydrogen-bond donors (Lipinski definition) is 1. The fraction of sp³-hybridized carbons (Fsp3) is 0.500. The van der Waals surface area contributed by atoms with Gasteiger partial charge < -0.3 is 10.1 Å². The minimum Gasteiger partial charge on any atom is -0.490 e. The lowest BCUT2D eigenvalue weighted by Gasteiger charge is -2.35. The van der Waals surface area contributed by atoms with Crippen LogP contribution < -0.4 is 10.1 Å². The number of nitrogens with one attached hydrogen (secondary N) is 1. The summed E-state index contributed by atoms with van der Waals surface area (Å²) in [5.74, 6) is 0.624. The van der Waals surface area contributed by atoms with Crippen molar-refractivity contribution >= 4 is 5.69 Å². The van der Waals surface area contributed by atoms with Crippen molar-refractivity contribution in [1.82, 2.24) is 5.32 Å². The Bertz CT molecular complexity index is 428. The summed E-state index contributed by atoms with van der Waals surface area (Å²) < 4.78 is 5.76. The van der Waals surface area contributed by atoms with Crippen molar-refractivity contribution in [2.24, 2.45) is 0 Å². The Labute approximate surface area is 99.9 Å². The molecule has 0 saturated heterocycles. The normalized spacial score (nSPS) is 22.9. The summed E-state index contributed by atoms with van der Waals surface area (Å²) in [6.45, 7) is 1.72. The van der Waals surface area contributed by atoms with E-state index < -0.39 is 0 Å². The summed E-state index contributed by atoms with van der Waals surface area (Å²) in [6.07, 6.45) is 2.09. The van der Waals surface area contributed by atoms with E-state index in [1.54, 1.807) is 19.1 Å². The lowest BCUT2D eigenvalue weighted by atomic mass is 9.89. The van der Waals surface area contributed by atoms with Crippen LogP contribution in [-0.2, 0) is 0 Å². The standard InChI is InChI=1S/C12H16N2O3/c1-8-11(14(15)16)4-3-5-12(8)17-10-6-9(7-10)13-2/h3-5,9-10,13H,6-7H2,1-2H3. The molecule has 0 radical (unpaired) electrons. The summed E-state index contributed by atoms with van der Waals surface area (Å²) in [5.41, 5.74) is 0.720. The third kappa shape index (κ3) is 2.39. The average Bonchev–Trinajstić information content (AvgIpc) is 2.24. The second-order valence-electron chi connectivity index (χ2n) is 4.35. The molecule has 1 N–H and O–H groups in total. The van der Waals surface area contributed by atoms with E-state index in [1.165, 1.54) is 6.07 Å². The van der Waals surface area contributed by atoms with Gasteiger partial charge in [-0.2, -0.15) is 0 Å². The van der Waals surface area contributed by atoms with Crippen molar-refractivity contribution in [1.29, 1.82) is 0 Å². The molecule has 0 atom stereocenters. The summed E-state index contributed by atoms with van der Waals surface area (Å²) in [5, 5.41) is 14.0. The van der Waals surface area contributed by atoms with Crippen molar-refractivity contribution < 1.29 is 9.66 Å². The lowest BCUT2D eigenvalue weighted by molar-refractivity contribution is -0.385. The van der Waals surface area contributed by atoms with Gasteiger partial charge in [0.1, 0.15) is 11.9 Å². The number of benzene rings is 1. The molecule has 1 aliphatic rings. The van der Waals surface area contributed by atoms with E-state index in [9.17, 15) is 10.1 Å². The molecule has 5 nitrogen and oxygen atoms in total. The smallest absolute Gasteiger partial charge is 0.276 e. The van der Waals surface area contributed by atoms with Crippen LogP contribution in [0.25, 0.3) is 0 Å². The first-order chi connectivity index (χ1) is 8.11. The molecule has 0 aliphatic heterocycles. The SMILES string of the molecule is CNC1CC(Oc2cccc([N+](=O)[O-])c2C)C1. The van der Waals surface area contributed by atoms with Crippen LogP contribution in [0.3, 0.4) is 0 Å². The Morgan fingerprint density at radius 1 is 1.47 bits per heavy atom. The monoisotopic (exact) mass is 236 g/mol. The molecule has 92 valence electrons. The molecule has 0 unspecified atom stereocenters. The van der Waals surface area contributed by atoms with Gasteiger partial charge >= 0.3 is 0 Å². The molecule has 1 aliphatic carbocycles. The Morgan fingerprint density at radius 2 is 2.18 bits per heavy atom. The third-order valence-electron chi connectivity index (χ3n) is 3.25. The minimum absolute atomic E-state index is 0.118. The van der Waals surface area contributed by atoms with Gasteiger partial charge in [-0.3, -0.25) is 10.1 Å². The van der Waals surface area contributed by atoms with E-state index in [1.807, 2.05) is 7.05 Å². The molecule has 1 fully saturated rings. The molecule has 5 heteroatoms. The van der Waals surface area contributed by atoms with E-state index in [4.69, 9.17) is 4.74 Å². The zero-order valence-electron chi connectivity index (χ0n) is 9.97. The van der Waals surface area contributed by atoms with E-state index >= 15 is 0 Å². The predicted molar refractivity (Wildman–Crippen MR) is 64.3 cm³/mol. The summed E-state index contributed by atoms with van der Waals surface area (Å²) >= 11 is 0. The summed E-state index contributed by atoms with van der Waals surface area (Å²) in [4.78, 5) is 10.4. The zero-order valence-corrected chi connectivity index (χ0v) is 9.97. The number of nitrogens with zero attached hydrogens (tertiary/aromatic N) is 1. The molecule has 1 aromatic rings. The highest BCUT2D eigenvalue weighted by atomic mass is 16.6. The highest BCUT2D eigenvalue weighted by Crippen LogP contribution is 2.31. The summed E-state index contributed by atoms with van der Waals surface area (Å²) in [6, 6.07) is 5.46. The predicted octanol–water partition coefficient (Wildman–Crippen LogP) is 2.03. The van der Waals surface area contributed by atoms with Crippen LogP contribution in [0.15, 0.2) is 18.2 Å². The van der Waals surface area contributed by atoms with Crippen molar-refractivity contribution in [3.05, 3.63) is 33.9 Å². The first-order valence-corrected chi connectivity index (χ1v) is 5.69. The molecular formula is C12H16N2O3. The van der Waals surface area contributed by atoms with Crippen LogP contribution in [0.5, 0.6) is 5.75 Å². The summed E-state index contributed by atoms with van der Waals surface area (Å²) in [7, 11) is 1.93. The number of nitro benzene ring substituents is 1. The van der Waals surface area contributed by atoms with Gasteiger partial charge in [-0.05, 0) is 32.9 Å². The first kappa shape index (κ1) is 11.9. The second-order valence-corrected chi connectivity index (χ2v) is 4.35. The second kappa shape index (κ2) is 4.71. The maximum atomic E-state index is 10.8. The van der Waals surface area contributed by atoms with E-state index in [0.29, 0.717) is 17.4 Å².